The van der Waals surface area contributed by atoms with Gasteiger partial charge in [0.25, 0.3) is 0 Å². The van der Waals surface area contributed by atoms with Crippen molar-refractivity contribution >= 4 is 0 Å². The van der Waals surface area contributed by atoms with Gasteiger partial charge in [-0.05, 0) is 25.2 Å². The molecule has 0 amide bonds. The average molecular weight is 226 g/mol. The summed E-state index contributed by atoms with van der Waals surface area (Å²) in [6, 6.07) is 0. The number of hydrogen-bond donors (Lipinski definition) is 0. The molecule has 0 N–H and O–H groups in total. The first kappa shape index (κ1) is 18.1. The van der Waals surface area contributed by atoms with Crippen LogP contribution in [0.1, 0.15) is 80.1 Å². The fourth-order valence-corrected chi connectivity index (χ4v) is 1.63. The molecule has 0 saturated heterocycles. The molecule has 1 atom stereocenters. The van der Waals surface area contributed by atoms with E-state index >= 15 is 0 Å². The quantitative estimate of drug-likeness (QED) is 0.452. The zero-order chi connectivity index (χ0) is 12.8. The third-order valence-corrected chi connectivity index (χ3v) is 2.67. The molecule has 0 heterocycles. The molecular weight excluding hydrogens is 192 g/mol. The van der Waals surface area contributed by atoms with E-state index in [1.807, 2.05) is 0 Å². The Balaban J connectivity index is 0. The Bertz CT molecular complexity index is 131. The molecule has 0 aromatic carbocycles. The fraction of sp³-hybridized carbons (Fsp3) is 0.875. The minimum Gasteiger partial charge on any atom is -0.0914 e. The molecule has 0 saturated carbocycles. The molecular formula is C16H34. The van der Waals surface area contributed by atoms with E-state index < -0.39 is 0 Å². The molecule has 0 aromatic heterocycles. The van der Waals surface area contributed by atoms with Crippen molar-refractivity contribution in [2.75, 3.05) is 0 Å². The second kappa shape index (κ2) is 14.7. The Labute approximate surface area is 105 Å². The van der Waals surface area contributed by atoms with Crippen LogP contribution in [0, 0.1) is 11.8 Å². The van der Waals surface area contributed by atoms with Gasteiger partial charge in [0, 0.05) is 0 Å². The maximum absolute atomic E-state index is 2.29. The van der Waals surface area contributed by atoms with Crippen molar-refractivity contribution in [3.8, 4) is 0 Å². The van der Waals surface area contributed by atoms with Crippen LogP contribution in [0.3, 0.4) is 0 Å². The monoisotopic (exact) mass is 226 g/mol. The third-order valence-electron chi connectivity index (χ3n) is 2.67. The van der Waals surface area contributed by atoms with Crippen molar-refractivity contribution < 1.29 is 0 Å². The molecule has 0 aromatic rings. The molecule has 0 radical (unpaired) electrons. The Morgan fingerprint density at radius 2 is 1.44 bits per heavy atom. The van der Waals surface area contributed by atoms with Crippen molar-refractivity contribution in [3.05, 3.63) is 12.2 Å². The van der Waals surface area contributed by atoms with Crippen molar-refractivity contribution in [2.24, 2.45) is 11.8 Å². The zero-order valence-corrected chi connectivity index (χ0v) is 12.6. The highest BCUT2D eigenvalue weighted by Gasteiger charge is 1.97. The predicted octanol–water partition coefficient (Wildman–Crippen LogP) is 6.22. The van der Waals surface area contributed by atoms with Gasteiger partial charge in [0.05, 0.1) is 0 Å². The molecule has 0 aliphatic heterocycles. The summed E-state index contributed by atoms with van der Waals surface area (Å²) in [7, 11) is 0. The summed E-state index contributed by atoms with van der Waals surface area (Å²) in [6.07, 6.45) is 12.6. The Kier molecular flexibility index (Phi) is 16.7. The van der Waals surface area contributed by atoms with E-state index in [0.717, 1.165) is 11.8 Å². The summed E-state index contributed by atoms with van der Waals surface area (Å²) in [5.41, 5.74) is 0. The highest BCUT2D eigenvalue weighted by molar-refractivity contribution is 4.82. The predicted molar refractivity (Wildman–Crippen MR) is 77.9 cm³/mol. The molecule has 0 fully saturated rings. The van der Waals surface area contributed by atoms with E-state index in [1.165, 1.54) is 38.5 Å². The standard InChI is InChI=1S/C11H22.C5H12/c1-5-7-11(4)9-6-8-10(2)3;1-3-5-4-2/h5,7,10-11H,6,8-9H2,1-4H3;3-5H2,1-2H3/b7-5+;. The summed E-state index contributed by atoms with van der Waals surface area (Å²) in [5.74, 6) is 1.64. The summed E-state index contributed by atoms with van der Waals surface area (Å²) in [4.78, 5) is 0. The second-order valence-corrected chi connectivity index (χ2v) is 5.18. The van der Waals surface area contributed by atoms with Crippen molar-refractivity contribution in [1.82, 2.24) is 0 Å². The van der Waals surface area contributed by atoms with E-state index in [2.05, 4.69) is 53.7 Å². The van der Waals surface area contributed by atoms with Gasteiger partial charge in [-0.3, -0.25) is 0 Å². The maximum Gasteiger partial charge on any atom is -0.0262 e. The smallest absolute Gasteiger partial charge is 0.0262 e. The van der Waals surface area contributed by atoms with Gasteiger partial charge in [0.15, 0.2) is 0 Å². The first-order valence-electron chi connectivity index (χ1n) is 7.21. The molecule has 0 bridgehead atoms. The van der Waals surface area contributed by atoms with Gasteiger partial charge in [0.1, 0.15) is 0 Å². The van der Waals surface area contributed by atoms with Crippen molar-refractivity contribution in [2.45, 2.75) is 80.1 Å². The molecule has 1 unspecified atom stereocenters. The molecule has 98 valence electrons. The molecule has 0 heteroatoms. The lowest BCUT2D eigenvalue weighted by Gasteiger charge is -2.07. The highest BCUT2D eigenvalue weighted by Crippen LogP contribution is 2.12. The van der Waals surface area contributed by atoms with Gasteiger partial charge in [-0.25, -0.2) is 0 Å². The molecule has 0 rings (SSSR count). The Hall–Kier alpha value is -0.260. The first-order valence-corrected chi connectivity index (χ1v) is 7.21. The maximum atomic E-state index is 2.29. The minimum atomic E-state index is 0.777. The lowest BCUT2D eigenvalue weighted by molar-refractivity contribution is 0.501. The van der Waals surface area contributed by atoms with E-state index in [9.17, 15) is 0 Å². The van der Waals surface area contributed by atoms with Gasteiger partial charge >= 0.3 is 0 Å². The number of allylic oxidation sites excluding steroid dienone is 2. The van der Waals surface area contributed by atoms with Crippen LogP contribution in [0.25, 0.3) is 0 Å². The summed E-state index contributed by atoms with van der Waals surface area (Å²) >= 11 is 0. The molecule has 16 heavy (non-hydrogen) atoms. The van der Waals surface area contributed by atoms with Crippen LogP contribution < -0.4 is 0 Å². The summed E-state index contributed by atoms with van der Waals surface area (Å²) < 4.78 is 0. The Morgan fingerprint density at radius 3 is 1.75 bits per heavy atom. The summed E-state index contributed by atoms with van der Waals surface area (Å²) in [5, 5.41) is 0. The molecule has 0 aliphatic carbocycles. The van der Waals surface area contributed by atoms with Crippen molar-refractivity contribution in [3.63, 3.8) is 0 Å². The van der Waals surface area contributed by atoms with Gasteiger partial charge in [-0.15, -0.1) is 0 Å². The first-order chi connectivity index (χ1) is 7.58. The number of unbranched alkanes of at least 4 members (excludes halogenated alkanes) is 2. The van der Waals surface area contributed by atoms with Crippen LogP contribution in [0.2, 0.25) is 0 Å². The van der Waals surface area contributed by atoms with Crippen LogP contribution in [-0.4, -0.2) is 0 Å². The van der Waals surface area contributed by atoms with E-state index in [1.54, 1.807) is 0 Å². The van der Waals surface area contributed by atoms with Crippen LogP contribution in [0.5, 0.6) is 0 Å². The highest BCUT2D eigenvalue weighted by atomic mass is 14.0. The largest absolute Gasteiger partial charge is 0.0914 e. The lowest BCUT2D eigenvalue weighted by atomic mass is 9.99. The van der Waals surface area contributed by atoms with Gasteiger partial charge in [-0.1, -0.05) is 78.9 Å². The van der Waals surface area contributed by atoms with E-state index in [-0.39, 0.29) is 0 Å². The second-order valence-electron chi connectivity index (χ2n) is 5.18. The van der Waals surface area contributed by atoms with E-state index in [0.29, 0.717) is 0 Å². The van der Waals surface area contributed by atoms with Crippen molar-refractivity contribution in [1.29, 1.82) is 0 Å². The Morgan fingerprint density at radius 1 is 0.875 bits per heavy atom. The number of rotatable bonds is 7. The molecule has 0 aliphatic rings. The van der Waals surface area contributed by atoms with Crippen LogP contribution >= 0.6 is 0 Å². The zero-order valence-electron chi connectivity index (χ0n) is 12.6. The van der Waals surface area contributed by atoms with Gasteiger partial charge in [0.2, 0.25) is 0 Å². The number of hydrogen-bond acceptors (Lipinski definition) is 0. The minimum absolute atomic E-state index is 0.777. The van der Waals surface area contributed by atoms with Crippen LogP contribution in [-0.2, 0) is 0 Å². The van der Waals surface area contributed by atoms with Gasteiger partial charge in [-0.2, -0.15) is 0 Å². The van der Waals surface area contributed by atoms with E-state index in [4.69, 9.17) is 0 Å². The van der Waals surface area contributed by atoms with Crippen LogP contribution in [0.4, 0.5) is 0 Å². The SMILES string of the molecule is C/C=C/C(C)CCCC(C)C.CCCCC. The normalized spacial score (nSPS) is 12.7. The topological polar surface area (TPSA) is 0 Å². The average Bonchev–Trinajstić information content (AvgIpc) is 2.19. The summed E-state index contributed by atoms with van der Waals surface area (Å²) in [6.45, 7) is 13.4. The fourth-order valence-electron chi connectivity index (χ4n) is 1.63. The molecule has 0 spiro atoms. The third kappa shape index (κ3) is 19.3. The van der Waals surface area contributed by atoms with Gasteiger partial charge < -0.3 is 0 Å². The van der Waals surface area contributed by atoms with Crippen LogP contribution in [0.15, 0.2) is 12.2 Å². The molecule has 0 nitrogen and oxygen atoms in total. The lowest BCUT2D eigenvalue weighted by Crippen LogP contribution is -1.92.